The van der Waals surface area contributed by atoms with Crippen LogP contribution >= 0.6 is 11.3 Å². The Labute approximate surface area is 292 Å². The van der Waals surface area contributed by atoms with E-state index in [1.165, 1.54) is 63.5 Å². The van der Waals surface area contributed by atoms with E-state index in [0.717, 1.165) is 33.1 Å². The van der Waals surface area contributed by atoms with Crippen molar-refractivity contribution in [1.82, 2.24) is 4.57 Å². The van der Waals surface area contributed by atoms with Crippen molar-refractivity contribution in [3.8, 4) is 5.69 Å². The topological polar surface area (TPSA) is 36.5 Å². The first kappa shape index (κ1) is 28.7. The van der Waals surface area contributed by atoms with E-state index in [4.69, 9.17) is 13.7 Å². The maximum Gasteiger partial charge on any atom is 0.494 e. The summed E-state index contributed by atoms with van der Waals surface area (Å²) in [4.78, 5) is 0. The predicted octanol–water partition coefficient (Wildman–Crippen LogP) is 11.7. The van der Waals surface area contributed by atoms with Gasteiger partial charge in [0.1, 0.15) is 11.2 Å². The van der Waals surface area contributed by atoms with Crippen LogP contribution in [-0.4, -0.2) is 22.9 Å². The van der Waals surface area contributed by atoms with Crippen molar-refractivity contribution in [2.75, 3.05) is 0 Å². The molecule has 6 heteroatoms. The minimum Gasteiger partial charge on any atom is -0.456 e. The van der Waals surface area contributed by atoms with Gasteiger partial charge in [0.2, 0.25) is 0 Å². The van der Waals surface area contributed by atoms with Crippen LogP contribution in [0, 0.1) is 0 Å². The summed E-state index contributed by atoms with van der Waals surface area (Å²) < 4.78 is 24.5. The van der Waals surface area contributed by atoms with Gasteiger partial charge >= 0.3 is 7.12 Å². The van der Waals surface area contributed by atoms with Crippen LogP contribution in [-0.2, 0) is 9.31 Å². The zero-order chi connectivity index (χ0) is 33.5. The highest BCUT2D eigenvalue weighted by Gasteiger charge is 2.51. The number of furan rings is 1. The van der Waals surface area contributed by atoms with Gasteiger partial charge in [-0.15, -0.1) is 11.3 Å². The van der Waals surface area contributed by atoms with Crippen molar-refractivity contribution >= 4 is 109 Å². The average Bonchev–Trinajstić information content (AvgIpc) is 3.85. The van der Waals surface area contributed by atoms with Crippen molar-refractivity contribution in [3.63, 3.8) is 0 Å². The highest BCUT2D eigenvalue weighted by Crippen LogP contribution is 2.49. The minimum atomic E-state index is -0.443. The molecule has 0 atom stereocenters. The van der Waals surface area contributed by atoms with E-state index in [9.17, 15) is 0 Å². The maximum atomic E-state index is 6.65. The lowest BCUT2D eigenvalue weighted by Crippen LogP contribution is -2.41. The lowest BCUT2D eigenvalue weighted by atomic mass is 9.79. The molecule has 240 valence electrons. The molecule has 4 nitrogen and oxygen atoms in total. The zero-order valence-electron chi connectivity index (χ0n) is 28.2. The molecule has 4 heterocycles. The number of rotatable bonds is 2. The molecule has 1 saturated heterocycles. The van der Waals surface area contributed by atoms with E-state index in [2.05, 4.69) is 154 Å². The Kier molecular flexibility index (Phi) is 5.60. The smallest absolute Gasteiger partial charge is 0.456 e. The van der Waals surface area contributed by atoms with Gasteiger partial charge in [0.25, 0.3) is 0 Å². The number of nitrogens with zero attached hydrogens (tertiary/aromatic N) is 1. The summed E-state index contributed by atoms with van der Waals surface area (Å²) in [5.74, 6) is 0. The number of hydrogen-bond donors (Lipinski definition) is 0. The highest BCUT2D eigenvalue weighted by molar-refractivity contribution is 7.27. The van der Waals surface area contributed by atoms with Crippen LogP contribution < -0.4 is 5.46 Å². The first-order chi connectivity index (χ1) is 24.3. The third-order valence-electron chi connectivity index (χ3n) is 11.4. The Balaban J connectivity index is 1.20. The molecule has 1 aliphatic rings. The molecule has 0 aliphatic carbocycles. The SMILES string of the molecule is CC1(C)OB(c2ccc3c(c2)oc2cc(-n4c5ccccc5c5c6ccccc6c6c(sc7ccc8ccccc8c76)c54)ccc23)OC1(C)C. The Bertz CT molecular complexity index is 3060. The lowest BCUT2D eigenvalue weighted by Gasteiger charge is -2.32. The molecule has 0 N–H and O–H groups in total. The van der Waals surface area contributed by atoms with Crippen LogP contribution in [0.5, 0.6) is 0 Å². The second-order valence-electron chi connectivity index (χ2n) is 14.7. The molecule has 0 unspecified atom stereocenters. The molecule has 0 amide bonds. The molecule has 50 heavy (non-hydrogen) atoms. The lowest BCUT2D eigenvalue weighted by molar-refractivity contribution is 0.00578. The number of para-hydroxylation sites is 1. The van der Waals surface area contributed by atoms with Gasteiger partial charge in [0.15, 0.2) is 0 Å². The molecular weight excluding hydrogens is 633 g/mol. The second kappa shape index (κ2) is 9.76. The fourth-order valence-corrected chi connectivity index (χ4v) is 9.53. The van der Waals surface area contributed by atoms with Crippen molar-refractivity contribution in [3.05, 3.63) is 121 Å². The molecule has 11 rings (SSSR count). The van der Waals surface area contributed by atoms with Gasteiger partial charge in [-0.05, 0) is 85.0 Å². The number of benzene rings is 7. The van der Waals surface area contributed by atoms with Gasteiger partial charge in [-0.25, -0.2) is 0 Å². The van der Waals surface area contributed by atoms with E-state index in [0.29, 0.717) is 0 Å². The van der Waals surface area contributed by atoms with E-state index in [1.54, 1.807) is 0 Å². The van der Waals surface area contributed by atoms with Crippen LogP contribution in [0.25, 0.3) is 91.1 Å². The highest BCUT2D eigenvalue weighted by atomic mass is 32.1. The molecule has 0 bridgehead atoms. The predicted molar refractivity (Wildman–Crippen MR) is 212 cm³/mol. The summed E-state index contributed by atoms with van der Waals surface area (Å²) in [6.45, 7) is 8.34. The molecule has 0 radical (unpaired) electrons. The molecule has 1 fully saturated rings. The van der Waals surface area contributed by atoms with Crippen molar-refractivity contribution in [1.29, 1.82) is 0 Å². The van der Waals surface area contributed by atoms with Crippen LogP contribution in [0.1, 0.15) is 27.7 Å². The molecular formula is C44H32BNO3S. The first-order valence-electron chi connectivity index (χ1n) is 17.3. The normalized spacial score (nSPS) is 16.1. The van der Waals surface area contributed by atoms with Crippen molar-refractivity contribution < 1.29 is 13.7 Å². The second-order valence-corrected chi connectivity index (χ2v) is 15.8. The Morgan fingerprint density at radius 2 is 1.20 bits per heavy atom. The monoisotopic (exact) mass is 665 g/mol. The Morgan fingerprint density at radius 1 is 0.560 bits per heavy atom. The van der Waals surface area contributed by atoms with E-state index in [1.807, 2.05) is 11.3 Å². The summed E-state index contributed by atoms with van der Waals surface area (Å²) in [7, 11) is -0.443. The van der Waals surface area contributed by atoms with Crippen LogP contribution in [0.2, 0.25) is 0 Å². The van der Waals surface area contributed by atoms with Crippen molar-refractivity contribution in [2.24, 2.45) is 0 Å². The van der Waals surface area contributed by atoms with Crippen LogP contribution in [0.3, 0.4) is 0 Å². The van der Waals surface area contributed by atoms with Gasteiger partial charge < -0.3 is 18.3 Å². The molecule has 0 saturated carbocycles. The fraction of sp³-hybridized carbons (Fsp3) is 0.136. The van der Waals surface area contributed by atoms with E-state index >= 15 is 0 Å². The average molecular weight is 666 g/mol. The molecule has 1 aliphatic heterocycles. The Morgan fingerprint density at radius 3 is 1.98 bits per heavy atom. The molecule has 0 spiro atoms. The fourth-order valence-electron chi connectivity index (χ4n) is 8.25. The summed E-state index contributed by atoms with van der Waals surface area (Å²) in [6, 6.07) is 44.1. The number of aromatic nitrogens is 1. The standard InChI is InChI=1S/C44H32BNO3S/c1-43(2)44(3,4)49-45(48-43)26-18-20-29-30-21-19-27(24-36(30)47-35(29)23-26)46-34-16-10-9-15-33(34)38-31-13-7-8-14-32(31)40-39-28-12-6-5-11-25(28)17-22-37(39)50-42(40)41(38)46/h5-24H,1-4H3. The Hall–Kier alpha value is -5.14. The third kappa shape index (κ3) is 3.73. The summed E-state index contributed by atoms with van der Waals surface area (Å²) in [5.41, 5.74) is 5.33. The molecule has 7 aromatic carbocycles. The summed E-state index contributed by atoms with van der Waals surface area (Å²) in [6.07, 6.45) is 0. The van der Waals surface area contributed by atoms with E-state index in [-0.39, 0.29) is 0 Å². The zero-order valence-corrected chi connectivity index (χ0v) is 29.0. The first-order valence-corrected chi connectivity index (χ1v) is 18.1. The van der Waals surface area contributed by atoms with Gasteiger partial charge in [-0.1, -0.05) is 84.9 Å². The molecule has 3 aromatic heterocycles. The van der Waals surface area contributed by atoms with Crippen LogP contribution in [0.4, 0.5) is 0 Å². The number of fused-ring (bicyclic) bond motifs is 15. The maximum absolute atomic E-state index is 6.65. The molecule has 10 aromatic rings. The minimum absolute atomic E-state index is 0.407. The summed E-state index contributed by atoms with van der Waals surface area (Å²) >= 11 is 1.90. The van der Waals surface area contributed by atoms with Gasteiger partial charge in [-0.3, -0.25) is 0 Å². The number of thiophene rings is 1. The van der Waals surface area contributed by atoms with Gasteiger partial charge in [0, 0.05) is 48.8 Å². The van der Waals surface area contributed by atoms with Crippen molar-refractivity contribution in [2.45, 2.75) is 38.9 Å². The van der Waals surface area contributed by atoms with Crippen LogP contribution in [0.15, 0.2) is 126 Å². The third-order valence-corrected chi connectivity index (χ3v) is 12.6. The summed E-state index contributed by atoms with van der Waals surface area (Å²) in [5, 5.41) is 12.5. The largest absolute Gasteiger partial charge is 0.494 e. The van der Waals surface area contributed by atoms with E-state index < -0.39 is 18.3 Å². The van der Waals surface area contributed by atoms with Gasteiger partial charge in [-0.2, -0.15) is 0 Å². The number of hydrogen-bond acceptors (Lipinski definition) is 4. The quantitative estimate of drug-likeness (QED) is 0.172. The van der Waals surface area contributed by atoms with Gasteiger partial charge in [0.05, 0.1) is 26.9 Å².